The van der Waals surface area contributed by atoms with Crippen molar-refractivity contribution in [2.24, 2.45) is 0 Å². The Kier molecular flexibility index (Phi) is 5.97. The number of rotatable bonds is 6. The van der Waals surface area contributed by atoms with E-state index in [-0.39, 0.29) is 6.04 Å². The lowest BCUT2D eigenvalue weighted by Crippen LogP contribution is -2.24. The van der Waals surface area contributed by atoms with Crippen LogP contribution < -0.4 is 5.32 Å². The molecular weight excluding hydrogens is 254 g/mol. The van der Waals surface area contributed by atoms with E-state index >= 15 is 0 Å². The molecule has 20 heavy (non-hydrogen) atoms. The number of carbonyl (C=O) groups excluding carboxylic acids is 1. The monoisotopic (exact) mass is 275 g/mol. The number of carboxylic acid groups (broad SMARTS) is 1. The van der Waals surface area contributed by atoms with Gasteiger partial charge in [0.15, 0.2) is 0 Å². The molecule has 1 aromatic rings. The molecule has 108 valence electrons. The molecule has 0 aliphatic heterocycles. The lowest BCUT2D eigenvalue weighted by molar-refractivity contribution is -0.131. The zero-order valence-corrected chi connectivity index (χ0v) is 12.1. The van der Waals surface area contributed by atoms with Crippen LogP contribution in [0.3, 0.4) is 0 Å². The summed E-state index contributed by atoms with van der Waals surface area (Å²) in [7, 11) is 0. The van der Waals surface area contributed by atoms with Gasteiger partial charge >= 0.3 is 5.97 Å². The zero-order chi connectivity index (χ0) is 15.1. The number of carboxylic acids is 1. The molecule has 1 amide bonds. The number of hydrogen-bond acceptors (Lipinski definition) is 2. The van der Waals surface area contributed by atoms with Crippen LogP contribution in [0.25, 0.3) is 0 Å². The van der Waals surface area contributed by atoms with Crippen molar-refractivity contribution in [1.29, 1.82) is 0 Å². The minimum Gasteiger partial charge on any atom is -0.478 e. The van der Waals surface area contributed by atoms with Gasteiger partial charge < -0.3 is 10.4 Å². The fraction of sp³-hybridized carbons (Fsp3) is 0.375. The smallest absolute Gasteiger partial charge is 0.328 e. The van der Waals surface area contributed by atoms with Crippen molar-refractivity contribution >= 4 is 11.9 Å². The van der Waals surface area contributed by atoms with Gasteiger partial charge in [0.2, 0.25) is 5.91 Å². The van der Waals surface area contributed by atoms with E-state index in [0.29, 0.717) is 5.92 Å². The number of nitrogens with one attached hydrogen (secondary N) is 1. The highest BCUT2D eigenvalue weighted by Crippen LogP contribution is 2.21. The van der Waals surface area contributed by atoms with E-state index in [1.807, 2.05) is 19.1 Å². The molecule has 4 nitrogen and oxygen atoms in total. The molecule has 0 heterocycles. The van der Waals surface area contributed by atoms with Crippen LogP contribution in [0.2, 0.25) is 0 Å². The summed E-state index contributed by atoms with van der Waals surface area (Å²) in [5, 5.41) is 11.2. The summed E-state index contributed by atoms with van der Waals surface area (Å²) in [6.07, 6.45) is 2.94. The highest BCUT2D eigenvalue weighted by atomic mass is 16.4. The lowest BCUT2D eigenvalue weighted by atomic mass is 9.96. The molecule has 1 aromatic carbocycles. The van der Waals surface area contributed by atoms with E-state index in [0.717, 1.165) is 24.1 Å². The minimum absolute atomic E-state index is 0.160. The van der Waals surface area contributed by atoms with E-state index < -0.39 is 11.9 Å². The van der Waals surface area contributed by atoms with Gasteiger partial charge in [0.1, 0.15) is 0 Å². The first-order chi connectivity index (χ1) is 9.43. The summed E-state index contributed by atoms with van der Waals surface area (Å²) in [5.41, 5.74) is 2.27. The van der Waals surface area contributed by atoms with E-state index in [1.165, 1.54) is 5.56 Å². The molecule has 1 rings (SSSR count). The van der Waals surface area contributed by atoms with Gasteiger partial charge in [-0.25, -0.2) is 4.79 Å². The first kappa shape index (κ1) is 16.0. The maximum atomic E-state index is 11.5. The largest absolute Gasteiger partial charge is 0.478 e. The normalized spacial score (nSPS) is 13.9. The van der Waals surface area contributed by atoms with E-state index in [1.54, 1.807) is 0 Å². The quantitative estimate of drug-likeness (QED) is 0.784. The van der Waals surface area contributed by atoms with Crippen molar-refractivity contribution in [1.82, 2.24) is 5.32 Å². The minimum atomic E-state index is -1.13. The van der Waals surface area contributed by atoms with Crippen molar-refractivity contribution in [3.63, 3.8) is 0 Å². The van der Waals surface area contributed by atoms with E-state index in [2.05, 4.69) is 31.3 Å². The van der Waals surface area contributed by atoms with Crippen LogP contribution in [0.4, 0.5) is 0 Å². The number of carbonyl (C=O) groups is 2. The van der Waals surface area contributed by atoms with E-state index in [9.17, 15) is 9.59 Å². The second-order valence-corrected chi connectivity index (χ2v) is 4.88. The van der Waals surface area contributed by atoms with Crippen molar-refractivity contribution < 1.29 is 14.7 Å². The second-order valence-electron chi connectivity index (χ2n) is 4.88. The van der Waals surface area contributed by atoms with Gasteiger partial charge in [0, 0.05) is 12.2 Å². The van der Waals surface area contributed by atoms with Crippen molar-refractivity contribution in [3.8, 4) is 0 Å². The van der Waals surface area contributed by atoms with Crippen LogP contribution >= 0.6 is 0 Å². The second kappa shape index (κ2) is 7.48. The van der Waals surface area contributed by atoms with Gasteiger partial charge in [-0.15, -0.1) is 0 Å². The van der Waals surface area contributed by atoms with Gasteiger partial charge in [0.05, 0.1) is 6.04 Å². The van der Waals surface area contributed by atoms with Crippen LogP contribution in [0, 0.1) is 0 Å². The summed E-state index contributed by atoms with van der Waals surface area (Å²) in [4.78, 5) is 21.8. The predicted molar refractivity (Wildman–Crippen MR) is 78.5 cm³/mol. The van der Waals surface area contributed by atoms with Crippen LogP contribution in [-0.4, -0.2) is 17.0 Å². The Balaban J connectivity index is 2.66. The standard InChI is InChI=1S/C16H21NO3/c1-4-11(2)13-5-7-14(8-6-13)12(3)17-15(18)9-10-16(19)20/h5-12H,4H2,1-3H3,(H,17,18)(H,19,20)/b10-9-/t11-,12-/m0/s1. The van der Waals surface area contributed by atoms with Gasteiger partial charge in [-0.05, 0) is 30.4 Å². The van der Waals surface area contributed by atoms with Crippen LogP contribution in [-0.2, 0) is 9.59 Å². The van der Waals surface area contributed by atoms with Crippen LogP contribution in [0.1, 0.15) is 50.3 Å². The van der Waals surface area contributed by atoms with E-state index in [4.69, 9.17) is 5.11 Å². The molecule has 0 aliphatic carbocycles. The molecule has 0 radical (unpaired) electrons. The first-order valence-electron chi connectivity index (χ1n) is 6.75. The van der Waals surface area contributed by atoms with Crippen LogP contribution in [0.15, 0.2) is 36.4 Å². The Morgan fingerprint density at radius 1 is 1.15 bits per heavy atom. The number of benzene rings is 1. The van der Waals surface area contributed by atoms with Gasteiger partial charge in [0.25, 0.3) is 0 Å². The third-order valence-electron chi connectivity index (χ3n) is 3.35. The summed E-state index contributed by atoms with van der Waals surface area (Å²) < 4.78 is 0. The summed E-state index contributed by atoms with van der Waals surface area (Å²) in [6.45, 7) is 6.19. The fourth-order valence-corrected chi connectivity index (χ4v) is 1.84. The average Bonchev–Trinajstić information content (AvgIpc) is 2.44. The summed E-state index contributed by atoms with van der Waals surface area (Å²) >= 11 is 0. The molecule has 0 saturated heterocycles. The Bertz CT molecular complexity index is 491. The molecule has 0 unspecified atom stereocenters. The maximum Gasteiger partial charge on any atom is 0.328 e. The summed E-state index contributed by atoms with van der Waals surface area (Å²) in [5.74, 6) is -1.02. The van der Waals surface area contributed by atoms with Gasteiger partial charge in [-0.3, -0.25) is 4.79 Å². The fourth-order valence-electron chi connectivity index (χ4n) is 1.84. The molecule has 0 aliphatic rings. The highest BCUT2D eigenvalue weighted by molar-refractivity contribution is 5.94. The predicted octanol–water partition coefficient (Wildman–Crippen LogP) is 3.02. The third kappa shape index (κ3) is 4.88. The SMILES string of the molecule is CC[C@H](C)c1ccc([C@H](C)NC(=O)/C=C\C(=O)O)cc1. The van der Waals surface area contributed by atoms with Gasteiger partial charge in [-0.2, -0.15) is 0 Å². The molecule has 4 heteroatoms. The van der Waals surface area contributed by atoms with Crippen molar-refractivity contribution in [2.45, 2.75) is 39.2 Å². The van der Waals surface area contributed by atoms with Crippen molar-refractivity contribution in [3.05, 3.63) is 47.5 Å². The summed E-state index contributed by atoms with van der Waals surface area (Å²) in [6, 6.07) is 7.96. The Morgan fingerprint density at radius 3 is 2.20 bits per heavy atom. The molecule has 0 fully saturated rings. The Labute approximate surface area is 119 Å². The molecule has 0 bridgehead atoms. The number of aliphatic carboxylic acids is 1. The molecule has 2 atom stereocenters. The molecular formula is C16H21NO3. The topological polar surface area (TPSA) is 66.4 Å². The molecule has 0 aromatic heterocycles. The zero-order valence-electron chi connectivity index (χ0n) is 12.1. The number of amides is 1. The maximum absolute atomic E-state index is 11.5. The Hall–Kier alpha value is -2.10. The first-order valence-corrected chi connectivity index (χ1v) is 6.75. The Morgan fingerprint density at radius 2 is 1.70 bits per heavy atom. The van der Waals surface area contributed by atoms with Gasteiger partial charge in [-0.1, -0.05) is 38.1 Å². The van der Waals surface area contributed by atoms with Crippen LogP contribution in [0.5, 0.6) is 0 Å². The highest BCUT2D eigenvalue weighted by Gasteiger charge is 2.09. The molecule has 0 saturated carbocycles. The number of hydrogen-bond donors (Lipinski definition) is 2. The molecule has 2 N–H and O–H groups in total. The lowest BCUT2D eigenvalue weighted by Gasteiger charge is -2.15. The van der Waals surface area contributed by atoms with Crippen molar-refractivity contribution in [2.75, 3.05) is 0 Å². The third-order valence-corrected chi connectivity index (χ3v) is 3.35. The molecule has 0 spiro atoms. The average molecular weight is 275 g/mol.